The molecule has 4 rings (SSSR count). The van der Waals surface area contributed by atoms with Gasteiger partial charge in [-0.2, -0.15) is 18.3 Å². The molecule has 0 aliphatic rings. The van der Waals surface area contributed by atoms with Crippen molar-refractivity contribution in [3.63, 3.8) is 0 Å². The van der Waals surface area contributed by atoms with Gasteiger partial charge in [0.25, 0.3) is 5.91 Å². The lowest BCUT2D eigenvalue weighted by Gasteiger charge is -2.12. The first kappa shape index (κ1) is 23.1. The van der Waals surface area contributed by atoms with Gasteiger partial charge in [-0.15, -0.1) is 0 Å². The number of carbonyl (C=O) groups is 1. The number of aromatic nitrogens is 4. The number of carbonyl (C=O) groups excluding carboxylic acids is 1. The molecule has 176 valence electrons. The Kier molecular flexibility index (Phi) is 6.43. The van der Waals surface area contributed by atoms with Crippen LogP contribution in [-0.4, -0.2) is 55.0 Å². The number of imidazole rings is 1. The van der Waals surface area contributed by atoms with Crippen molar-refractivity contribution in [3.05, 3.63) is 72.2 Å². The highest BCUT2D eigenvalue weighted by molar-refractivity contribution is 6.03. The molecule has 0 aliphatic heterocycles. The Morgan fingerprint density at radius 3 is 2.71 bits per heavy atom. The minimum Gasteiger partial charge on any atom is -0.475 e. The average molecular weight is 473 g/mol. The quantitative estimate of drug-likeness (QED) is 0.377. The second-order valence-electron chi connectivity index (χ2n) is 7.16. The van der Waals surface area contributed by atoms with Crippen LogP contribution in [0.1, 0.15) is 16.1 Å². The first-order valence-electron chi connectivity index (χ1n) is 9.97. The number of ether oxygens (including phenoxy) is 1. The number of aliphatic hydroxyl groups excluding tert-OH is 2. The summed E-state index contributed by atoms with van der Waals surface area (Å²) < 4.78 is 46.7. The molecule has 4 aromatic rings. The number of hydrogen-bond donors (Lipinski definition) is 3. The van der Waals surface area contributed by atoms with Gasteiger partial charge in [-0.05, 0) is 24.3 Å². The van der Waals surface area contributed by atoms with Gasteiger partial charge in [0.05, 0.1) is 24.1 Å². The molecule has 0 aliphatic carbocycles. The Hall–Kier alpha value is -4.03. The lowest BCUT2D eigenvalue weighted by molar-refractivity contribution is -0.137. The zero-order valence-electron chi connectivity index (χ0n) is 17.4. The predicted octanol–water partition coefficient (Wildman–Crippen LogP) is 2.79. The molecule has 0 bridgehead atoms. The number of nitrogens with one attached hydrogen (secondary N) is 1. The lowest BCUT2D eigenvalue weighted by Crippen LogP contribution is -2.21. The number of anilines is 1. The van der Waals surface area contributed by atoms with Crippen molar-refractivity contribution in [1.29, 1.82) is 0 Å². The summed E-state index contributed by atoms with van der Waals surface area (Å²) in [5.74, 6) is -0.513. The van der Waals surface area contributed by atoms with Crippen molar-refractivity contribution in [3.8, 4) is 17.1 Å². The Bertz CT molecular complexity index is 1330. The molecule has 1 atom stereocenters. The van der Waals surface area contributed by atoms with E-state index < -0.39 is 30.4 Å². The van der Waals surface area contributed by atoms with Gasteiger partial charge in [0.1, 0.15) is 12.7 Å². The molecule has 0 fully saturated rings. The zero-order valence-corrected chi connectivity index (χ0v) is 17.4. The third-order valence-electron chi connectivity index (χ3n) is 4.73. The minimum absolute atomic E-state index is 0.00340. The van der Waals surface area contributed by atoms with Crippen LogP contribution in [0.4, 0.5) is 18.9 Å². The first-order valence-corrected chi connectivity index (χ1v) is 9.97. The van der Waals surface area contributed by atoms with E-state index in [0.29, 0.717) is 5.69 Å². The number of alkyl halides is 3. The van der Waals surface area contributed by atoms with Gasteiger partial charge >= 0.3 is 6.18 Å². The number of nitrogens with zero attached hydrogens (tertiary/aromatic N) is 4. The van der Waals surface area contributed by atoms with Crippen LogP contribution in [0, 0.1) is 0 Å². The SMILES string of the molecule is O=C(Nc1ccnc(OCC(O)CO)c1)c1cnc2ccc(-c3ccccc3C(F)(F)F)nn12. The largest absolute Gasteiger partial charge is 0.475 e. The highest BCUT2D eigenvalue weighted by Gasteiger charge is 2.33. The van der Waals surface area contributed by atoms with E-state index in [1.807, 2.05) is 0 Å². The Morgan fingerprint density at radius 1 is 1.15 bits per heavy atom. The second kappa shape index (κ2) is 9.45. The number of aliphatic hydroxyl groups is 2. The first-order chi connectivity index (χ1) is 16.3. The van der Waals surface area contributed by atoms with Gasteiger partial charge in [-0.3, -0.25) is 4.79 Å². The molecular formula is C22H18F3N5O4. The monoisotopic (exact) mass is 473 g/mol. The summed E-state index contributed by atoms with van der Waals surface area (Å²) >= 11 is 0. The van der Waals surface area contributed by atoms with Crippen LogP contribution in [0.3, 0.4) is 0 Å². The van der Waals surface area contributed by atoms with Gasteiger partial charge in [-0.25, -0.2) is 14.5 Å². The second-order valence-corrected chi connectivity index (χ2v) is 7.16. The van der Waals surface area contributed by atoms with Gasteiger partial charge in [0.2, 0.25) is 5.88 Å². The maximum atomic E-state index is 13.4. The molecule has 3 aromatic heterocycles. The van der Waals surface area contributed by atoms with Crippen molar-refractivity contribution >= 4 is 17.2 Å². The summed E-state index contributed by atoms with van der Waals surface area (Å²) in [4.78, 5) is 20.9. The molecule has 0 saturated carbocycles. The Morgan fingerprint density at radius 2 is 1.94 bits per heavy atom. The van der Waals surface area contributed by atoms with E-state index in [1.54, 1.807) is 0 Å². The van der Waals surface area contributed by atoms with Crippen molar-refractivity contribution in [2.75, 3.05) is 18.5 Å². The fourth-order valence-corrected chi connectivity index (χ4v) is 3.12. The summed E-state index contributed by atoms with van der Waals surface area (Å²) in [6.07, 6.45) is -3.03. The molecule has 0 spiro atoms. The normalized spacial score (nSPS) is 12.5. The lowest BCUT2D eigenvalue weighted by atomic mass is 10.0. The molecule has 9 nitrogen and oxygen atoms in total. The summed E-state index contributed by atoms with van der Waals surface area (Å²) in [6.45, 7) is -0.673. The van der Waals surface area contributed by atoms with E-state index >= 15 is 0 Å². The molecule has 1 amide bonds. The number of hydrogen-bond acceptors (Lipinski definition) is 7. The number of benzene rings is 1. The minimum atomic E-state index is -4.57. The molecule has 34 heavy (non-hydrogen) atoms. The molecular weight excluding hydrogens is 455 g/mol. The molecule has 12 heteroatoms. The fourth-order valence-electron chi connectivity index (χ4n) is 3.12. The third kappa shape index (κ3) is 4.97. The summed E-state index contributed by atoms with van der Waals surface area (Å²) in [7, 11) is 0. The van der Waals surface area contributed by atoms with Crippen LogP contribution >= 0.6 is 0 Å². The molecule has 0 radical (unpaired) electrons. The summed E-state index contributed by atoms with van der Waals surface area (Å²) in [6, 6.07) is 10.8. The van der Waals surface area contributed by atoms with E-state index in [-0.39, 0.29) is 35.1 Å². The smallest absolute Gasteiger partial charge is 0.417 e. The van der Waals surface area contributed by atoms with Crippen molar-refractivity contribution in [2.24, 2.45) is 0 Å². The van der Waals surface area contributed by atoms with E-state index in [2.05, 4.69) is 20.4 Å². The Labute approximate surface area is 190 Å². The van der Waals surface area contributed by atoms with E-state index in [0.717, 1.165) is 10.6 Å². The molecule has 0 saturated heterocycles. The summed E-state index contributed by atoms with van der Waals surface area (Å²) in [5, 5.41) is 25.1. The van der Waals surface area contributed by atoms with Crippen molar-refractivity contribution < 1.29 is 32.9 Å². The van der Waals surface area contributed by atoms with Crippen LogP contribution < -0.4 is 10.1 Å². The van der Waals surface area contributed by atoms with E-state index in [9.17, 15) is 23.1 Å². The van der Waals surface area contributed by atoms with Crippen molar-refractivity contribution in [1.82, 2.24) is 19.6 Å². The maximum Gasteiger partial charge on any atom is 0.417 e. The zero-order chi connectivity index (χ0) is 24.3. The van der Waals surface area contributed by atoms with Gasteiger partial charge in [0, 0.05) is 23.5 Å². The third-order valence-corrected chi connectivity index (χ3v) is 4.73. The number of halogens is 3. The number of pyridine rings is 1. The van der Waals surface area contributed by atoms with Crippen LogP contribution in [0.25, 0.3) is 16.9 Å². The van der Waals surface area contributed by atoms with E-state index in [4.69, 9.17) is 9.84 Å². The predicted molar refractivity (Wildman–Crippen MR) is 114 cm³/mol. The maximum absolute atomic E-state index is 13.4. The van der Waals surface area contributed by atoms with Crippen LogP contribution in [0.2, 0.25) is 0 Å². The van der Waals surface area contributed by atoms with Crippen LogP contribution in [0.15, 0.2) is 60.9 Å². The number of amides is 1. The molecule has 1 aromatic carbocycles. The topological polar surface area (TPSA) is 122 Å². The van der Waals surface area contributed by atoms with E-state index in [1.165, 1.54) is 54.9 Å². The number of fused-ring (bicyclic) bond motifs is 1. The summed E-state index contributed by atoms with van der Waals surface area (Å²) in [5.41, 5.74) is -0.371. The standard InChI is InChI=1S/C22H18F3N5O4/c23-22(24,25)16-4-2-1-3-15(16)17-5-6-19-27-10-18(30(19)29-17)21(33)28-13-7-8-26-20(9-13)34-12-14(32)11-31/h1-10,14,31-32H,11-12H2,(H,26,28,33). The molecule has 3 N–H and O–H groups in total. The highest BCUT2D eigenvalue weighted by atomic mass is 19.4. The molecule has 3 heterocycles. The van der Waals surface area contributed by atoms with Gasteiger partial charge in [-0.1, -0.05) is 18.2 Å². The van der Waals surface area contributed by atoms with Crippen molar-refractivity contribution in [2.45, 2.75) is 12.3 Å². The van der Waals surface area contributed by atoms with Gasteiger partial charge in [0.15, 0.2) is 11.3 Å². The van der Waals surface area contributed by atoms with Crippen LogP contribution in [0.5, 0.6) is 5.88 Å². The molecule has 1 unspecified atom stereocenters. The number of rotatable bonds is 7. The highest BCUT2D eigenvalue weighted by Crippen LogP contribution is 2.36. The van der Waals surface area contributed by atoms with Gasteiger partial charge < -0.3 is 20.3 Å². The Balaban J connectivity index is 1.61. The average Bonchev–Trinajstić information content (AvgIpc) is 3.25. The van der Waals surface area contributed by atoms with Crippen LogP contribution in [-0.2, 0) is 6.18 Å². The fraction of sp³-hybridized carbons (Fsp3) is 0.182.